The third-order valence-electron chi connectivity index (χ3n) is 1.19. The van der Waals surface area contributed by atoms with E-state index in [9.17, 15) is 0 Å². The van der Waals surface area contributed by atoms with Gasteiger partial charge in [-0.15, -0.1) is 0 Å². The number of hydrogen-bond acceptors (Lipinski definition) is 2. The molecule has 0 heterocycles. The topological polar surface area (TPSA) is 29.5 Å². The summed E-state index contributed by atoms with van der Waals surface area (Å²) < 4.78 is 4.92. The van der Waals surface area contributed by atoms with Gasteiger partial charge in [-0.2, -0.15) is 0 Å². The third-order valence-corrected chi connectivity index (χ3v) is 1.19. The van der Waals surface area contributed by atoms with Crippen LogP contribution in [0.1, 0.15) is 6.92 Å². The van der Waals surface area contributed by atoms with Crippen LogP contribution in [0.2, 0.25) is 0 Å². The Balaban J connectivity index is 4.18. The highest BCUT2D eigenvalue weighted by molar-refractivity contribution is 5.20. The Morgan fingerprint density at radius 3 is 2.70 bits per heavy atom. The predicted octanol–water partition coefficient (Wildman–Crippen LogP) is 0.573. The lowest BCUT2D eigenvalue weighted by Crippen LogP contribution is -2.29. The second kappa shape index (κ2) is 4.10. The molecule has 0 fully saturated rings. The van der Waals surface area contributed by atoms with Crippen molar-refractivity contribution in [2.75, 3.05) is 13.7 Å². The van der Waals surface area contributed by atoms with Crippen molar-refractivity contribution in [1.82, 2.24) is 0 Å². The van der Waals surface area contributed by atoms with Crippen molar-refractivity contribution in [3.05, 3.63) is 12.7 Å². The maximum Gasteiger partial charge on any atom is 0.148 e. The molecule has 1 atom stereocenters. The molecule has 0 radical (unpaired) electrons. The number of methoxy groups -OCH3 is 1. The minimum Gasteiger partial charge on any atom is -0.392 e. The number of hydrogen-bond donors (Lipinski definition) is 1. The minimum atomic E-state index is -0.742. The standard InChI is InChI=1S/C8H12O2/c1-4-5-6-8(2,7-9)10-3/h4,9H,1,7H2,2-3H3. The van der Waals surface area contributed by atoms with Gasteiger partial charge >= 0.3 is 0 Å². The lowest BCUT2D eigenvalue weighted by Gasteiger charge is -2.17. The summed E-state index contributed by atoms with van der Waals surface area (Å²) in [5.41, 5.74) is -0.742. The first-order valence-electron chi connectivity index (χ1n) is 2.98. The maximum atomic E-state index is 8.75. The highest BCUT2D eigenvalue weighted by Gasteiger charge is 2.17. The van der Waals surface area contributed by atoms with E-state index in [1.807, 2.05) is 0 Å². The van der Waals surface area contributed by atoms with Gasteiger partial charge in [0, 0.05) is 7.11 Å². The molecule has 1 unspecified atom stereocenters. The van der Waals surface area contributed by atoms with Gasteiger partial charge in [-0.3, -0.25) is 0 Å². The third kappa shape index (κ3) is 2.67. The van der Waals surface area contributed by atoms with Crippen LogP contribution in [0.25, 0.3) is 0 Å². The molecule has 0 aromatic rings. The van der Waals surface area contributed by atoms with Crippen LogP contribution in [0.5, 0.6) is 0 Å². The Kier molecular flexibility index (Phi) is 3.78. The predicted molar refractivity (Wildman–Crippen MR) is 40.5 cm³/mol. The summed E-state index contributed by atoms with van der Waals surface area (Å²) in [6.07, 6.45) is 1.47. The fourth-order valence-electron chi connectivity index (χ4n) is 0.359. The molecule has 0 aromatic carbocycles. The van der Waals surface area contributed by atoms with Crippen molar-refractivity contribution in [2.45, 2.75) is 12.5 Å². The summed E-state index contributed by atoms with van der Waals surface area (Å²) in [5.74, 6) is 5.32. The molecule has 0 aliphatic carbocycles. The molecule has 0 bridgehead atoms. The van der Waals surface area contributed by atoms with E-state index in [1.54, 1.807) is 6.92 Å². The highest BCUT2D eigenvalue weighted by atomic mass is 16.5. The van der Waals surface area contributed by atoms with Crippen molar-refractivity contribution < 1.29 is 9.84 Å². The second-order valence-corrected chi connectivity index (χ2v) is 2.07. The maximum absolute atomic E-state index is 8.75. The van der Waals surface area contributed by atoms with E-state index >= 15 is 0 Å². The first-order chi connectivity index (χ1) is 4.68. The Hall–Kier alpha value is -0.780. The summed E-state index contributed by atoms with van der Waals surface area (Å²) >= 11 is 0. The number of ether oxygens (including phenoxy) is 1. The van der Waals surface area contributed by atoms with Gasteiger partial charge in [0.1, 0.15) is 5.60 Å². The molecule has 0 amide bonds. The van der Waals surface area contributed by atoms with E-state index in [-0.39, 0.29) is 6.61 Å². The van der Waals surface area contributed by atoms with Crippen LogP contribution in [0, 0.1) is 11.8 Å². The van der Waals surface area contributed by atoms with E-state index in [2.05, 4.69) is 18.4 Å². The summed E-state index contributed by atoms with van der Waals surface area (Å²) in [7, 11) is 1.51. The Bertz CT molecular complexity index is 158. The zero-order valence-electron chi connectivity index (χ0n) is 6.35. The van der Waals surface area contributed by atoms with Crippen molar-refractivity contribution in [3.8, 4) is 11.8 Å². The first-order valence-corrected chi connectivity index (χ1v) is 2.98. The molecule has 0 spiro atoms. The van der Waals surface area contributed by atoms with Crippen LogP contribution >= 0.6 is 0 Å². The number of aliphatic hydroxyl groups excluding tert-OH is 1. The average Bonchev–Trinajstić information content (AvgIpc) is 2.00. The molecular formula is C8H12O2. The lowest BCUT2D eigenvalue weighted by atomic mass is 10.1. The summed E-state index contributed by atoms with van der Waals surface area (Å²) in [4.78, 5) is 0. The normalized spacial score (nSPS) is 14.7. The van der Waals surface area contributed by atoms with Crippen LogP contribution in [-0.2, 0) is 4.74 Å². The van der Waals surface area contributed by atoms with Gasteiger partial charge in [-0.1, -0.05) is 18.4 Å². The molecule has 0 saturated carbocycles. The van der Waals surface area contributed by atoms with E-state index in [4.69, 9.17) is 9.84 Å². The van der Waals surface area contributed by atoms with Gasteiger partial charge in [0.25, 0.3) is 0 Å². The number of aliphatic hydroxyl groups is 1. The molecule has 0 aliphatic heterocycles. The largest absolute Gasteiger partial charge is 0.392 e. The molecule has 0 aliphatic rings. The summed E-state index contributed by atoms with van der Waals surface area (Å²) in [5, 5.41) is 8.75. The molecule has 0 saturated heterocycles. The molecule has 2 nitrogen and oxygen atoms in total. The molecule has 56 valence electrons. The Morgan fingerprint density at radius 1 is 1.80 bits per heavy atom. The van der Waals surface area contributed by atoms with Gasteiger partial charge in [-0.05, 0) is 13.0 Å². The van der Waals surface area contributed by atoms with Crippen molar-refractivity contribution in [2.24, 2.45) is 0 Å². The van der Waals surface area contributed by atoms with Crippen LogP contribution in [-0.4, -0.2) is 24.4 Å². The van der Waals surface area contributed by atoms with Crippen LogP contribution < -0.4 is 0 Å². The van der Waals surface area contributed by atoms with E-state index in [0.29, 0.717) is 0 Å². The van der Waals surface area contributed by atoms with Gasteiger partial charge in [0.05, 0.1) is 6.61 Å². The van der Waals surface area contributed by atoms with Gasteiger partial charge < -0.3 is 9.84 Å². The van der Waals surface area contributed by atoms with E-state index < -0.39 is 5.60 Å². The Labute approximate surface area is 61.5 Å². The molecular weight excluding hydrogens is 128 g/mol. The minimum absolute atomic E-state index is 0.107. The summed E-state index contributed by atoms with van der Waals surface area (Å²) in [6.45, 7) is 5.03. The zero-order valence-corrected chi connectivity index (χ0v) is 6.35. The smallest absolute Gasteiger partial charge is 0.148 e. The fourth-order valence-corrected chi connectivity index (χ4v) is 0.359. The van der Waals surface area contributed by atoms with Crippen LogP contribution in [0.3, 0.4) is 0 Å². The molecule has 10 heavy (non-hydrogen) atoms. The van der Waals surface area contributed by atoms with Crippen molar-refractivity contribution >= 4 is 0 Å². The van der Waals surface area contributed by atoms with Gasteiger partial charge in [0.15, 0.2) is 0 Å². The SMILES string of the molecule is C=CC#CC(C)(CO)OC. The average molecular weight is 140 g/mol. The highest BCUT2D eigenvalue weighted by Crippen LogP contribution is 2.04. The molecule has 2 heteroatoms. The lowest BCUT2D eigenvalue weighted by molar-refractivity contribution is 0.00808. The van der Waals surface area contributed by atoms with E-state index in [0.717, 1.165) is 0 Å². The van der Waals surface area contributed by atoms with Crippen molar-refractivity contribution in [3.63, 3.8) is 0 Å². The van der Waals surface area contributed by atoms with E-state index in [1.165, 1.54) is 13.2 Å². The molecule has 0 rings (SSSR count). The van der Waals surface area contributed by atoms with Gasteiger partial charge in [0.2, 0.25) is 0 Å². The zero-order chi connectivity index (χ0) is 8.04. The van der Waals surface area contributed by atoms with Gasteiger partial charge in [-0.25, -0.2) is 0 Å². The second-order valence-electron chi connectivity index (χ2n) is 2.07. The monoisotopic (exact) mass is 140 g/mol. The number of rotatable bonds is 2. The number of allylic oxidation sites excluding steroid dienone is 1. The van der Waals surface area contributed by atoms with Crippen LogP contribution in [0.4, 0.5) is 0 Å². The summed E-state index contributed by atoms with van der Waals surface area (Å²) in [6, 6.07) is 0. The van der Waals surface area contributed by atoms with Crippen molar-refractivity contribution in [1.29, 1.82) is 0 Å². The first kappa shape index (κ1) is 9.22. The quantitative estimate of drug-likeness (QED) is 0.568. The molecule has 0 aromatic heterocycles. The molecule has 1 N–H and O–H groups in total. The van der Waals surface area contributed by atoms with Crippen LogP contribution in [0.15, 0.2) is 12.7 Å². The fraction of sp³-hybridized carbons (Fsp3) is 0.500. The Morgan fingerprint density at radius 2 is 2.40 bits per heavy atom.